The molecule has 1 aromatic carbocycles. The molecule has 0 aliphatic carbocycles. The summed E-state index contributed by atoms with van der Waals surface area (Å²) in [5.74, 6) is -1.31. The van der Waals surface area contributed by atoms with Gasteiger partial charge in [0.2, 0.25) is 0 Å². The summed E-state index contributed by atoms with van der Waals surface area (Å²) in [7, 11) is 0. The van der Waals surface area contributed by atoms with Crippen LogP contribution in [0.1, 0.15) is 10.4 Å². The van der Waals surface area contributed by atoms with Crippen molar-refractivity contribution < 1.29 is 24.4 Å². The minimum atomic E-state index is -1.11. The van der Waals surface area contributed by atoms with Crippen LogP contribution in [0.5, 0.6) is 5.75 Å². The van der Waals surface area contributed by atoms with E-state index in [2.05, 4.69) is 0 Å². The summed E-state index contributed by atoms with van der Waals surface area (Å²) in [6.45, 7) is 0. The third-order valence-corrected chi connectivity index (χ3v) is 1.13. The van der Waals surface area contributed by atoms with Crippen LogP contribution in [0.15, 0.2) is 24.3 Å². The molecular formula is C7H6CaF2O3. The van der Waals surface area contributed by atoms with Crippen LogP contribution in [0.3, 0.4) is 0 Å². The van der Waals surface area contributed by atoms with Crippen molar-refractivity contribution in [3.8, 4) is 5.75 Å². The van der Waals surface area contributed by atoms with Gasteiger partial charge in [0.05, 0.1) is 0 Å². The molecule has 1 aromatic rings. The molecule has 0 saturated heterocycles. The average Bonchev–Trinajstić information content (AvgIpc) is 1.88. The van der Waals surface area contributed by atoms with Crippen LogP contribution >= 0.6 is 0 Å². The summed E-state index contributed by atoms with van der Waals surface area (Å²) in [5.41, 5.74) is -0.0671. The van der Waals surface area contributed by atoms with Gasteiger partial charge >= 0.3 is 43.7 Å². The number of rotatable bonds is 1. The van der Waals surface area contributed by atoms with Crippen molar-refractivity contribution in [1.82, 2.24) is 0 Å². The third kappa shape index (κ3) is 5.02. The molecule has 0 aliphatic heterocycles. The van der Waals surface area contributed by atoms with Crippen LogP contribution < -0.4 is 9.41 Å². The van der Waals surface area contributed by atoms with Crippen molar-refractivity contribution >= 4 is 43.7 Å². The minimum absolute atomic E-state index is 0. The van der Waals surface area contributed by atoms with E-state index in [0.717, 1.165) is 0 Å². The van der Waals surface area contributed by atoms with Gasteiger partial charge in [-0.05, 0) is 12.1 Å². The molecule has 0 radical (unpaired) electrons. The first-order chi connectivity index (χ1) is 4.72. The Morgan fingerprint density at radius 1 is 1.15 bits per heavy atom. The molecule has 0 bridgehead atoms. The van der Waals surface area contributed by atoms with Crippen molar-refractivity contribution in [1.29, 1.82) is 0 Å². The van der Waals surface area contributed by atoms with Gasteiger partial charge in [-0.2, -0.15) is 0 Å². The summed E-state index contributed by atoms with van der Waals surface area (Å²) >= 11 is 0. The molecule has 0 aromatic heterocycles. The van der Waals surface area contributed by atoms with Crippen molar-refractivity contribution in [2.24, 2.45) is 0 Å². The molecule has 0 amide bonds. The first-order valence-corrected chi connectivity index (χ1v) is 2.73. The Hall–Kier alpha value is -0.390. The van der Waals surface area contributed by atoms with Crippen LogP contribution in [0.4, 0.5) is 0 Å². The van der Waals surface area contributed by atoms with E-state index in [-0.39, 0.29) is 58.5 Å². The van der Waals surface area contributed by atoms with Gasteiger partial charge in [0.1, 0.15) is 11.3 Å². The van der Waals surface area contributed by atoms with Gasteiger partial charge in [-0.15, -0.1) is 0 Å². The first-order valence-electron chi connectivity index (χ1n) is 2.73. The molecule has 6 heteroatoms. The second kappa shape index (κ2) is 8.22. The summed E-state index contributed by atoms with van der Waals surface area (Å²) in [6.07, 6.45) is 0. The van der Waals surface area contributed by atoms with Gasteiger partial charge in [-0.1, -0.05) is 12.1 Å². The van der Waals surface area contributed by atoms with Crippen LogP contribution in [0.2, 0.25) is 0 Å². The molecule has 0 unspecified atom stereocenters. The van der Waals surface area contributed by atoms with Crippen molar-refractivity contribution in [3.05, 3.63) is 29.8 Å². The quantitative estimate of drug-likeness (QED) is 0.461. The molecule has 2 N–H and O–H groups in total. The molecule has 13 heavy (non-hydrogen) atoms. The molecule has 3 nitrogen and oxygen atoms in total. The number of aromatic hydroxyl groups is 1. The maximum Gasteiger partial charge on any atom is 2.00 e. The summed E-state index contributed by atoms with van der Waals surface area (Å²) in [5, 5.41) is 17.3. The van der Waals surface area contributed by atoms with E-state index in [4.69, 9.17) is 10.2 Å². The Balaban J connectivity index is -0.000000333. The van der Waals surface area contributed by atoms with Gasteiger partial charge in [0.25, 0.3) is 0 Å². The van der Waals surface area contributed by atoms with Gasteiger partial charge in [-0.3, -0.25) is 0 Å². The number of benzene rings is 1. The Bertz CT molecular complexity index is 268. The monoisotopic (exact) mass is 216 g/mol. The summed E-state index contributed by atoms with van der Waals surface area (Å²) in [4.78, 5) is 10.3. The second-order valence-corrected chi connectivity index (χ2v) is 1.82. The number of aromatic carboxylic acids is 1. The summed E-state index contributed by atoms with van der Waals surface area (Å²) in [6, 6.07) is 5.81. The molecule has 0 atom stereocenters. The van der Waals surface area contributed by atoms with E-state index < -0.39 is 5.97 Å². The van der Waals surface area contributed by atoms with E-state index in [9.17, 15) is 4.79 Å². The number of hydrogen-bond acceptors (Lipinski definition) is 2. The van der Waals surface area contributed by atoms with Gasteiger partial charge in [-0.25, -0.2) is 4.79 Å². The topological polar surface area (TPSA) is 57.5 Å². The first kappa shape index (κ1) is 18.4. The molecule has 0 saturated carbocycles. The maximum atomic E-state index is 10.3. The van der Waals surface area contributed by atoms with Gasteiger partial charge < -0.3 is 19.6 Å². The number of carboxylic acids is 1. The molecule has 68 valence electrons. The zero-order valence-corrected chi connectivity index (χ0v) is 8.78. The van der Waals surface area contributed by atoms with Gasteiger partial charge in [0, 0.05) is 0 Å². The molecular weight excluding hydrogens is 210 g/mol. The molecule has 1 rings (SSSR count). The number of phenols is 1. The largest absolute Gasteiger partial charge is 2.00 e. The van der Waals surface area contributed by atoms with Crippen molar-refractivity contribution in [2.75, 3.05) is 0 Å². The fraction of sp³-hybridized carbons (Fsp3) is 0. The van der Waals surface area contributed by atoms with Crippen molar-refractivity contribution in [2.45, 2.75) is 0 Å². The third-order valence-electron chi connectivity index (χ3n) is 1.13. The summed E-state index contributed by atoms with van der Waals surface area (Å²) < 4.78 is 0. The van der Waals surface area contributed by atoms with E-state index >= 15 is 0 Å². The van der Waals surface area contributed by atoms with E-state index in [1.165, 1.54) is 12.1 Å². The number of carboxylic acid groups (broad SMARTS) is 1. The average molecular weight is 216 g/mol. The van der Waals surface area contributed by atoms with Crippen LogP contribution in [-0.2, 0) is 0 Å². The van der Waals surface area contributed by atoms with Crippen LogP contribution in [-0.4, -0.2) is 53.9 Å². The van der Waals surface area contributed by atoms with Crippen molar-refractivity contribution in [3.63, 3.8) is 0 Å². The minimum Gasteiger partial charge on any atom is -1.00 e. The fourth-order valence-electron chi connectivity index (χ4n) is 0.654. The second-order valence-electron chi connectivity index (χ2n) is 1.82. The zero-order chi connectivity index (χ0) is 7.56. The number of carbonyl (C=O) groups is 1. The Labute approximate surface area is 103 Å². The number of para-hydroxylation sites is 1. The fourth-order valence-corrected chi connectivity index (χ4v) is 0.654. The number of halogens is 2. The smallest absolute Gasteiger partial charge is 1.00 e. The number of hydrogen-bond donors (Lipinski definition) is 2. The predicted molar refractivity (Wildman–Crippen MR) is 40.8 cm³/mol. The predicted octanol–water partition coefficient (Wildman–Crippen LogP) is -5.28. The maximum absolute atomic E-state index is 10.3. The van der Waals surface area contributed by atoms with E-state index in [0.29, 0.717) is 0 Å². The van der Waals surface area contributed by atoms with E-state index in [1.807, 2.05) is 0 Å². The molecule has 0 spiro atoms. The normalized spacial score (nSPS) is 7.08. The Kier molecular flexibility index (Phi) is 11.6. The Morgan fingerprint density at radius 2 is 1.62 bits per heavy atom. The van der Waals surface area contributed by atoms with Crippen LogP contribution in [0, 0.1) is 0 Å². The molecule has 0 fully saturated rings. The van der Waals surface area contributed by atoms with E-state index in [1.54, 1.807) is 12.1 Å². The zero-order valence-electron chi connectivity index (χ0n) is 6.58. The molecule has 0 heterocycles. The van der Waals surface area contributed by atoms with Crippen LogP contribution in [0.25, 0.3) is 0 Å². The standard InChI is InChI=1S/C7H6O3.Ca.2FH/c8-6-4-2-1-3-5(6)7(9)10;;;/h1-4,8H,(H,9,10);;2*1H/q;+2;;/p-2. The van der Waals surface area contributed by atoms with Gasteiger partial charge in [0.15, 0.2) is 0 Å². The molecule has 0 aliphatic rings. The Morgan fingerprint density at radius 3 is 1.92 bits per heavy atom. The SMILES string of the molecule is O=C(O)c1ccccc1O.[Ca+2].[F-].[F-].